The van der Waals surface area contributed by atoms with E-state index in [0.717, 1.165) is 12.1 Å². The van der Waals surface area contributed by atoms with Crippen molar-refractivity contribution in [2.75, 3.05) is 26.2 Å². The highest BCUT2D eigenvalue weighted by Gasteiger charge is 2.27. The van der Waals surface area contributed by atoms with Gasteiger partial charge in [0, 0.05) is 43.5 Å². The summed E-state index contributed by atoms with van der Waals surface area (Å²) in [5, 5.41) is 9.74. The van der Waals surface area contributed by atoms with Gasteiger partial charge in [-0.05, 0) is 35.6 Å². The van der Waals surface area contributed by atoms with Crippen molar-refractivity contribution in [3.63, 3.8) is 0 Å². The van der Waals surface area contributed by atoms with Crippen molar-refractivity contribution in [2.24, 2.45) is 0 Å². The topological polar surface area (TPSA) is 61.4 Å². The van der Waals surface area contributed by atoms with E-state index in [1.54, 1.807) is 17.5 Å². The normalized spacial score (nSPS) is 16.5. The Morgan fingerprint density at radius 2 is 2.19 bits per heavy atom. The number of nitrogens with zero attached hydrogens (tertiary/aromatic N) is 1. The number of benzene rings is 1. The van der Waals surface area contributed by atoms with Crippen LogP contribution in [0.2, 0.25) is 0 Å². The van der Waals surface area contributed by atoms with Gasteiger partial charge in [0.25, 0.3) is 5.91 Å². The number of carbonyl (C=O) groups excluding carboxylic acids is 2. The lowest BCUT2D eigenvalue weighted by Crippen LogP contribution is -2.48. The summed E-state index contributed by atoms with van der Waals surface area (Å²) in [5.41, 5.74) is 1.45. The molecule has 146 valence electrons. The fourth-order valence-electron chi connectivity index (χ4n) is 3.10. The van der Waals surface area contributed by atoms with Crippen molar-refractivity contribution in [2.45, 2.75) is 18.9 Å². The molecule has 1 atom stereocenters. The van der Waals surface area contributed by atoms with Crippen LogP contribution in [0.5, 0.6) is 0 Å². The average molecular weight is 412 g/mol. The molecule has 1 aliphatic rings. The fourth-order valence-corrected chi connectivity index (χ4v) is 3.73. The third kappa shape index (κ3) is 5.76. The van der Waals surface area contributed by atoms with Crippen molar-refractivity contribution in [3.8, 4) is 0 Å². The van der Waals surface area contributed by atoms with Gasteiger partial charge in [-0.25, -0.2) is 4.39 Å². The Bertz CT molecular complexity index is 757. The van der Waals surface area contributed by atoms with E-state index < -0.39 is 0 Å². The van der Waals surface area contributed by atoms with Gasteiger partial charge in [0.2, 0.25) is 5.91 Å². The second-order valence-corrected chi connectivity index (χ2v) is 7.01. The van der Waals surface area contributed by atoms with Gasteiger partial charge in [-0.1, -0.05) is 12.1 Å². The summed E-state index contributed by atoms with van der Waals surface area (Å²) < 4.78 is 13.5. The number of nitrogens with one attached hydrogen (secondary N) is 2. The largest absolute Gasteiger partial charge is 0.352 e. The molecule has 1 unspecified atom stereocenters. The van der Waals surface area contributed by atoms with E-state index in [9.17, 15) is 14.0 Å². The van der Waals surface area contributed by atoms with Crippen molar-refractivity contribution in [1.29, 1.82) is 0 Å². The van der Waals surface area contributed by atoms with Crippen molar-refractivity contribution < 1.29 is 14.0 Å². The van der Waals surface area contributed by atoms with Gasteiger partial charge in [0.15, 0.2) is 0 Å². The maximum absolute atomic E-state index is 13.5. The second kappa shape index (κ2) is 10.4. The molecule has 0 saturated carbocycles. The zero-order valence-electron chi connectivity index (χ0n) is 14.8. The molecule has 1 saturated heterocycles. The minimum atomic E-state index is -0.295. The van der Waals surface area contributed by atoms with Gasteiger partial charge in [0.05, 0.1) is 6.04 Å². The Morgan fingerprint density at radius 1 is 1.33 bits per heavy atom. The van der Waals surface area contributed by atoms with E-state index in [-0.39, 0.29) is 36.1 Å². The molecule has 0 spiro atoms. The van der Waals surface area contributed by atoms with E-state index >= 15 is 0 Å². The Labute approximate surface area is 168 Å². The third-order valence-corrected chi connectivity index (χ3v) is 5.12. The Kier molecular flexibility index (Phi) is 8.22. The number of thiophene rings is 1. The summed E-state index contributed by atoms with van der Waals surface area (Å²) in [6.45, 7) is 2.40. The number of piperazine rings is 1. The molecule has 1 aromatic heterocycles. The molecular weight excluding hydrogens is 389 g/mol. The Hall–Kier alpha value is -1.96. The third-order valence-electron chi connectivity index (χ3n) is 4.43. The number of amides is 2. The molecule has 5 nitrogen and oxygen atoms in total. The molecule has 8 heteroatoms. The first-order chi connectivity index (χ1) is 12.6. The zero-order valence-corrected chi connectivity index (χ0v) is 16.5. The predicted octanol–water partition coefficient (Wildman–Crippen LogP) is 2.99. The summed E-state index contributed by atoms with van der Waals surface area (Å²) >= 11 is 1.48. The van der Waals surface area contributed by atoms with Crippen LogP contribution in [0.25, 0.3) is 0 Å². The summed E-state index contributed by atoms with van der Waals surface area (Å²) in [7, 11) is 0. The van der Waals surface area contributed by atoms with Crippen molar-refractivity contribution >= 4 is 35.6 Å². The first-order valence-corrected chi connectivity index (χ1v) is 9.65. The number of halogens is 2. The predicted molar refractivity (Wildman–Crippen MR) is 107 cm³/mol. The fraction of sp³-hybridized carbons (Fsp3) is 0.368. The number of hydrogen-bond donors (Lipinski definition) is 2. The Balaban J connectivity index is 0.00000261. The maximum Gasteiger partial charge on any atom is 0.252 e. The summed E-state index contributed by atoms with van der Waals surface area (Å²) in [5.74, 6) is -0.374. The first kappa shape index (κ1) is 21.3. The van der Waals surface area contributed by atoms with E-state index in [1.807, 2.05) is 16.3 Å². The Morgan fingerprint density at radius 3 is 2.93 bits per heavy atom. The monoisotopic (exact) mass is 411 g/mol. The smallest absolute Gasteiger partial charge is 0.252 e. The number of hydrogen-bond acceptors (Lipinski definition) is 4. The van der Waals surface area contributed by atoms with Crippen LogP contribution in [0.1, 0.15) is 34.8 Å². The standard InChI is InChI=1S/C19H22FN3O2S.ClH/c20-16-4-1-3-14(11-16)17-12-21-8-9-23(17)18(24)5-2-7-22-19(25)15-6-10-26-13-15;/h1,3-4,6,10-11,13,17,21H,2,5,7-9,12H2,(H,22,25);1H. The molecule has 1 fully saturated rings. The second-order valence-electron chi connectivity index (χ2n) is 6.23. The molecule has 1 aromatic carbocycles. The SMILES string of the molecule is Cl.O=C(NCCCC(=O)N1CCNCC1c1cccc(F)c1)c1ccsc1. The highest BCUT2D eigenvalue weighted by Crippen LogP contribution is 2.23. The molecule has 0 radical (unpaired) electrons. The molecule has 2 aromatic rings. The number of rotatable bonds is 6. The molecule has 0 aliphatic carbocycles. The summed E-state index contributed by atoms with van der Waals surface area (Å²) in [6, 6.07) is 8.02. The molecular formula is C19H23ClFN3O2S. The summed E-state index contributed by atoms with van der Waals surface area (Å²) in [6.07, 6.45) is 0.935. The quantitative estimate of drug-likeness (QED) is 0.718. The molecule has 27 heavy (non-hydrogen) atoms. The lowest BCUT2D eigenvalue weighted by atomic mass is 10.0. The van der Waals surface area contributed by atoms with E-state index in [4.69, 9.17) is 0 Å². The average Bonchev–Trinajstić information content (AvgIpc) is 3.20. The minimum absolute atomic E-state index is 0. The van der Waals surface area contributed by atoms with Crippen LogP contribution in [0.3, 0.4) is 0 Å². The van der Waals surface area contributed by atoms with Gasteiger partial charge in [-0.15, -0.1) is 12.4 Å². The highest BCUT2D eigenvalue weighted by molar-refractivity contribution is 7.08. The van der Waals surface area contributed by atoms with Crippen LogP contribution in [0.4, 0.5) is 4.39 Å². The van der Waals surface area contributed by atoms with Crippen LogP contribution in [0, 0.1) is 5.82 Å². The highest BCUT2D eigenvalue weighted by atomic mass is 35.5. The molecule has 2 N–H and O–H groups in total. The van der Waals surface area contributed by atoms with E-state index in [2.05, 4.69) is 10.6 Å². The van der Waals surface area contributed by atoms with E-state index in [0.29, 0.717) is 38.0 Å². The van der Waals surface area contributed by atoms with Crippen LogP contribution in [-0.4, -0.2) is 42.9 Å². The molecule has 0 bridgehead atoms. The van der Waals surface area contributed by atoms with Crippen LogP contribution in [-0.2, 0) is 4.79 Å². The van der Waals surface area contributed by atoms with Crippen molar-refractivity contribution in [1.82, 2.24) is 15.5 Å². The van der Waals surface area contributed by atoms with Crippen LogP contribution >= 0.6 is 23.7 Å². The van der Waals surface area contributed by atoms with Gasteiger partial charge >= 0.3 is 0 Å². The van der Waals surface area contributed by atoms with Gasteiger partial charge in [-0.3, -0.25) is 9.59 Å². The van der Waals surface area contributed by atoms with E-state index in [1.165, 1.54) is 23.5 Å². The lowest BCUT2D eigenvalue weighted by molar-refractivity contribution is -0.134. The van der Waals surface area contributed by atoms with Gasteiger partial charge in [0.1, 0.15) is 5.82 Å². The lowest BCUT2D eigenvalue weighted by Gasteiger charge is -2.36. The number of carbonyl (C=O) groups is 2. The first-order valence-electron chi connectivity index (χ1n) is 8.71. The molecule has 2 amide bonds. The zero-order chi connectivity index (χ0) is 18.4. The minimum Gasteiger partial charge on any atom is -0.352 e. The summed E-state index contributed by atoms with van der Waals surface area (Å²) in [4.78, 5) is 26.3. The molecule has 2 heterocycles. The van der Waals surface area contributed by atoms with Gasteiger partial charge in [-0.2, -0.15) is 11.3 Å². The van der Waals surface area contributed by atoms with Crippen LogP contribution in [0.15, 0.2) is 41.1 Å². The van der Waals surface area contributed by atoms with Crippen molar-refractivity contribution in [3.05, 3.63) is 58.0 Å². The molecule has 1 aliphatic heterocycles. The molecule has 3 rings (SSSR count). The van der Waals surface area contributed by atoms with Gasteiger partial charge < -0.3 is 15.5 Å². The van der Waals surface area contributed by atoms with Crippen LogP contribution < -0.4 is 10.6 Å². The maximum atomic E-state index is 13.5.